The predicted molar refractivity (Wildman–Crippen MR) is 87.7 cm³/mol. The molecule has 0 unspecified atom stereocenters. The number of hydrogen-bond donors (Lipinski definition) is 0. The number of thiophene rings is 1. The molecule has 2 aromatic rings. The zero-order chi connectivity index (χ0) is 15.8. The van der Waals surface area contributed by atoms with Gasteiger partial charge in [0.15, 0.2) is 5.75 Å². The number of nitrogens with zero attached hydrogens (tertiary/aromatic N) is 4. The van der Waals surface area contributed by atoms with Gasteiger partial charge in [-0.25, -0.2) is 9.97 Å². The van der Waals surface area contributed by atoms with Crippen LogP contribution in [0.5, 0.6) is 5.75 Å². The molecule has 1 fully saturated rings. The Bertz CT molecular complexity index is 709. The van der Waals surface area contributed by atoms with Crippen molar-refractivity contribution in [3.63, 3.8) is 0 Å². The molecule has 2 aliphatic rings. The summed E-state index contributed by atoms with van der Waals surface area (Å²) < 4.78 is 5.06. The topological polar surface area (TPSA) is 58.6 Å². The maximum atomic E-state index is 12.6. The summed E-state index contributed by atoms with van der Waals surface area (Å²) in [6.45, 7) is 2.98. The Morgan fingerprint density at radius 2 is 2.13 bits per heavy atom. The smallest absolute Gasteiger partial charge is 0.229 e. The lowest BCUT2D eigenvalue weighted by Crippen LogP contribution is -2.55. The highest BCUT2D eigenvalue weighted by atomic mass is 32.1. The van der Waals surface area contributed by atoms with Crippen LogP contribution in [0.25, 0.3) is 0 Å². The second kappa shape index (κ2) is 5.81. The van der Waals surface area contributed by atoms with Gasteiger partial charge in [0.2, 0.25) is 11.9 Å². The van der Waals surface area contributed by atoms with Crippen molar-refractivity contribution in [2.24, 2.45) is 5.92 Å². The predicted octanol–water partition coefficient (Wildman–Crippen LogP) is 1.57. The summed E-state index contributed by atoms with van der Waals surface area (Å²) in [7, 11) is 1.59. The zero-order valence-electron chi connectivity index (χ0n) is 12.9. The lowest BCUT2D eigenvalue weighted by Gasteiger charge is -2.41. The minimum atomic E-state index is 0.0564. The van der Waals surface area contributed by atoms with Crippen molar-refractivity contribution in [1.82, 2.24) is 14.9 Å². The van der Waals surface area contributed by atoms with Crippen molar-refractivity contribution in [3.8, 4) is 5.75 Å². The molecule has 0 aromatic carbocycles. The number of hydrogen-bond acceptors (Lipinski definition) is 6. The molecule has 1 amide bonds. The third-order valence-corrected chi connectivity index (χ3v) is 5.51. The quantitative estimate of drug-likeness (QED) is 0.855. The molecule has 2 aliphatic heterocycles. The average Bonchev–Trinajstić information content (AvgIpc) is 3.01. The maximum Gasteiger partial charge on any atom is 0.229 e. The molecule has 4 rings (SSSR count). The van der Waals surface area contributed by atoms with E-state index in [2.05, 4.69) is 21.4 Å². The van der Waals surface area contributed by atoms with Crippen LogP contribution in [-0.2, 0) is 17.8 Å². The van der Waals surface area contributed by atoms with E-state index in [1.54, 1.807) is 30.8 Å². The van der Waals surface area contributed by atoms with Crippen LogP contribution in [0.2, 0.25) is 0 Å². The Balaban J connectivity index is 1.35. The van der Waals surface area contributed by atoms with Gasteiger partial charge in [0.1, 0.15) is 0 Å². The number of carbonyl (C=O) groups is 1. The molecule has 7 heteroatoms. The molecule has 2 aromatic heterocycles. The monoisotopic (exact) mass is 330 g/mol. The Hall–Kier alpha value is -2.15. The molecule has 6 nitrogen and oxygen atoms in total. The summed E-state index contributed by atoms with van der Waals surface area (Å²) in [5.74, 6) is 1.61. The SMILES string of the molecule is COc1cnc(N2CC(C(=O)N3CCc4sccc4C3)C2)nc1. The fourth-order valence-electron chi connectivity index (χ4n) is 3.07. The van der Waals surface area contributed by atoms with Gasteiger partial charge in [0.25, 0.3) is 0 Å². The molecule has 0 N–H and O–H groups in total. The van der Waals surface area contributed by atoms with Crippen LogP contribution in [0.3, 0.4) is 0 Å². The molecular formula is C16H18N4O2S. The third-order valence-electron chi connectivity index (χ3n) is 4.48. The van der Waals surface area contributed by atoms with Crippen LogP contribution in [-0.4, -0.2) is 47.5 Å². The largest absolute Gasteiger partial charge is 0.494 e. The summed E-state index contributed by atoms with van der Waals surface area (Å²) in [5, 5.41) is 2.12. The lowest BCUT2D eigenvalue weighted by atomic mass is 9.97. The number of fused-ring (bicyclic) bond motifs is 1. The first-order valence-corrected chi connectivity index (χ1v) is 8.57. The number of amides is 1. The van der Waals surface area contributed by atoms with E-state index in [1.165, 1.54) is 10.4 Å². The van der Waals surface area contributed by atoms with Crippen molar-refractivity contribution in [2.45, 2.75) is 13.0 Å². The summed E-state index contributed by atoms with van der Waals surface area (Å²) >= 11 is 1.79. The number of aromatic nitrogens is 2. The Labute approximate surface area is 138 Å². The van der Waals surface area contributed by atoms with Gasteiger partial charge in [-0.3, -0.25) is 4.79 Å². The second-order valence-corrected chi connectivity index (χ2v) is 6.90. The Morgan fingerprint density at radius 3 is 2.87 bits per heavy atom. The van der Waals surface area contributed by atoms with Crippen LogP contribution in [0, 0.1) is 5.92 Å². The van der Waals surface area contributed by atoms with Crippen molar-refractivity contribution < 1.29 is 9.53 Å². The van der Waals surface area contributed by atoms with E-state index in [0.717, 1.165) is 19.5 Å². The van der Waals surface area contributed by atoms with Crippen LogP contribution in [0.1, 0.15) is 10.4 Å². The van der Waals surface area contributed by atoms with Gasteiger partial charge in [-0.2, -0.15) is 0 Å². The average molecular weight is 330 g/mol. The van der Waals surface area contributed by atoms with Crippen LogP contribution < -0.4 is 9.64 Å². The van der Waals surface area contributed by atoms with Gasteiger partial charge < -0.3 is 14.5 Å². The Kier molecular flexibility index (Phi) is 3.65. The van der Waals surface area contributed by atoms with Crippen molar-refractivity contribution in [3.05, 3.63) is 34.3 Å². The van der Waals surface area contributed by atoms with E-state index in [0.29, 0.717) is 24.8 Å². The van der Waals surface area contributed by atoms with Gasteiger partial charge in [0, 0.05) is 31.1 Å². The van der Waals surface area contributed by atoms with Gasteiger partial charge in [-0.15, -0.1) is 11.3 Å². The first kappa shape index (κ1) is 14.4. The molecule has 0 bridgehead atoms. The van der Waals surface area contributed by atoms with Gasteiger partial charge in [-0.1, -0.05) is 0 Å². The highest BCUT2D eigenvalue weighted by Gasteiger charge is 2.37. The van der Waals surface area contributed by atoms with E-state index < -0.39 is 0 Å². The molecule has 23 heavy (non-hydrogen) atoms. The summed E-state index contributed by atoms with van der Waals surface area (Å²) in [5.41, 5.74) is 1.31. The molecule has 4 heterocycles. The minimum Gasteiger partial charge on any atom is -0.494 e. The van der Waals surface area contributed by atoms with E-state index in [1.807, 2.05) is 9.80 Å². The van der Waals surface area contributed by atoms with Crippen molar-refractivity contribution >= 4 is 23.2 Å². The molecule has 0 saturated carbocycles. The first-order valence-electron chi connectivity index (χ1n) is 7.69. The number of carbonyl (C=O) groups excluding carboxylic acids is 1. The summed E-state index contributed by atoms with van der Waals surface area (Å²) in [4.78, 5) is 26.6. The fraction of sp³-hybridized carbons (Fsp3) is 0.438. The second-order valence-electron chi connectivity index (χ2n) is 5.90. The highest BCUT2D eigenvalue weighted by molar-refractivity contribution is 7.10. The molecule has 0 atom stereocenters. The third kappa shape index (κ3) is 2.65. The van der Waals surface area contributed by atoms with Crippen molar-refractivity contribution in [2.75, 3.05) is 31.6 Å². The van der Waals surface area contributed by atoms with E-state index in [9.17, 15) is 4.79 Å². The molecular weight excluding hydrogens is 312 g/mol. The van der Waals surface area contributed by atoms with Gasteiger partial charge in [-0.05, 0) is 23.4 Å². The molecule has 0 spiro atoms. The van der Waals surface area contributed by atoms with E-state index >= 15 is 0 Å². The molecule has 0 radical (unpaired) electrons. The van der Waals surface area contributed by atoms with Gasteiger partial charge in [0.05, 0.1) is 25.4 Å². The lowest BCUT2D eigenvalue weighted by molar-refractivity contribution is -0.137. The number of anilines is 1. The summed E-state index contributed by atoms with van der Waals surface area (Å²) in [6.07, 6.45) is 4.29. The molecule has 0 aliphatic carbocycles. The van der Waals surface area contributed by atoms with Crippen LogP contribution in [0.4, 0.5) is 5.95 Å². The summed E-state index contributed by atoms with van der Waals surface area (Å²) in [6, 6.07) is 2.14. The van der Waals surface area contributed by atoms with Crippen LogP contribution >= 0.6 is 11.3 Å². The Morgan fingerprint density at radius 1 is 1.35 bits per heavy atom. The molecule has 1 saturated heterocycles. The zero-order valence-corrected chi connectivity index (χ0v) is 13.8. The number of methoxy groups -OCH3 is 1. The van der Waals surface area contributed by atoms with E-state index in [-0.39, 0.29) is 11.8 Å². The minimum absolute atomic E-state index is 0.0564. The maximum absolute atomic E-state index is 12.6. The number of rotatable bonds is 3. The van der Waals surface area contributed by atoms with Crippen LogP contribution in [0.15, 0.2) is 23.8 Å². The fourth-order valence-corrected chi connectivity index (χ4v) is 3.96. The van der Waals surface area contributed by atoms with Crippen molar-refractivity contribution in [1.29, 1.82) is 0 Å². The normalized spacial score (nSPS) is 17.6. The highest BCUT2D eigenvalue weighted by Crippen LogP contribution is 2.28. The molecule has 120 valence electrons. The van der Waals surface area contributed by atoms with Gasteiger partial charge >= 0.3 is 0 Å². The van der Waals surface area contributed by atoms with E-state index in [4.69, 9.17) is 4.74 Å². The number of ether oxygens (including phenoxy) is 1. The first-order chi connectivity index (χ1) is 11.2. The standard InChI is InChI=1S/C16H18N4O2S/c1-22-13-6-17-16(18-7-13)20-9-12(10-20)15(21)19-4-2-14-11(8-19)3-5-23-14/h3,5-7,12H,2,4,8-10H2,1H3.